The SMILES string of the molecule is C[C@@H]1C[C@H](C)C[NH+]([C@@H](C)C(=O)Nc2ccc(Cl)cc2F)C1. The average Bonchev–Trinajstić information content (AvgIpc) is 2.40. The number of quaternary nitrogens is 1. The second-order valence-corrected chi connectivity index (χ2v) is 6.78. The molecule has 1 heterocycles. The van der Waals surface area contributed by atoms with Crippen LogP contribution in [0.25, 0.3) is 0 Å². The third-order valence-electron chi connectivity index (χ3n) is 4.22. The lowest BCUT2D eigenvalue weighted by Gasteiger charge is -2.35. The third kappa shape index (κ3) is 4.17. The molecule has 2 rings (SSSR count). The zero-order valence-electron chi connectivity index (χ0n) is 12.7. The predicted octanol–water partition coefficient (Wildman–Crippen LogP) is 2.37. The molecule has 5 heteroatoms. The summed E-state index contributed by atoms with van der Waals surface area (Å²) >= 11 is 5.71. The van der Waals surface area contributed by atoms with Crippen molar-refractivity contribution in [2.75, 3.05) is 18.4 Å². The number of rotatable bonds is 3. The van der Waals surface area contributed by atoms with Crippen LogP contribution in [-0.4, -0.2) is 25.0 Å². The molecule has 1 aromatic carbocycles. The average molecular weight is 314 g/mol. The number of carbonyl (C=O) groups is 1. The Labute approximate surface area is 130 Å². The number of hydrogen-bond acceptors (Lipinski definition) is 1. The minimum atomic E-state index is -0.501. The van der Waals surface area contributed by atoms with E-state index < -0.39 is 5.82 Å². The van der Waals surface area contributed by atoms with Crippen molar-refractivity contribution in [2.45, 2.75) is 33.2 Å². The standard InChI is InChI=1S/C16H22ClFN2O/c1-10-6-11(2)9-20(8-10)12(3)16(21)19-15-5-4-13(17)7-14(15)18/h4-5,7,10-12H,6,8-9H2,1-3H3,(H,19,21)/p+1/t10-,11+,12-/m0/s1. The van der Waals surface area contributed by atoms with Crippen molar-refractivity contribution in [1.82, 2.24) is 0 Å². The molecule has 1 saturated heterocycles. The first kappa shape index (κ1) is 16.2. The summed E-state index contributed by atoms with van der Waals surface area (Å²) in [5.41, 5.74) is 0.189. The van der Waals surface area contributed by atoms with Gasteiger partial charge >= 0.3 is 0 Å². The van der Waals surface area contributed by atoms with Crippen LogP contribution in [0.3, 0.4) is 0 Å². The molecule has 116 valence electrons. The Morgan fingerprint density at radius 1 is 1.38 bits per heavy atom. The summed E-state index contributed by atoms with van der Waals surface area (Å²) in [7, 11) is 0. The van der Waals surface area contributed by atoms with Gasteiger partial charge in [-0.05, 0) is 31.5 Å². The fourth-order valence-corrected chi connectivity index (χ4v) is 3.36. The summed E-state index contributed by atoms with van der Waals surface area (Å²) in [4.78, 5) is 13.6. The summed E-state index contributed by atoms with van der Waals surface area (Å²) in [6, 6.07) is 4.09. The van der Waals surface area contributed by atoms with E-state index in [1.807, 2.05) is 6.92 Å². The lowest BCUT2D eigenvalue weighted by atomic mass is 9.91. The fourth-order valence-electron chi connectivity index (χ4n) is 3.20. The molecule has 1 aliphatic heterocycles. The lowest BCUT2D eigenvalue weighted by Crippen LogP contribution is -3.18. The maximum Gasteiger partial charge on any atom is 0.282 e. The highest BCUT2D eigenvalue weighted by Crippen LogP contribution is 2.19. The molecular formula is C16H23ClFN2O+. The summed E-state index contributed by atoms with van der Waals surface area (Å²) in [5.74, 6) is 0.587. The highest BCUT2D eigenvalue weighted by Gasteiger charge is 2.32. The number of nitrogens with one attached hydrogen (secondary N) is 2. The van der Waals surface area contributed by atoms with Crippen LogP contribution in [0.2, 0.25) is 5.02 Å². The van der Waals surface area contributed by atoms with Crippen molar-refractivity contribution >= 4 is 23.2 Å². The summed E-state index contributed by atoms with van der Waals surface area (Å²) in [6.45, 7) is 8.32. The van der Waals surface area contributed by atoms with Gasteiger partial charge in [0.05, 0.1) is 18.8 Å². The minimum Gasteiger partial charge on any atom is -0.324 e. The summed E-state index contributed by atoms with van der Waals surface area (Å²) < 4.78 is 13.7. The summed E-state index contributed by atoms with van der Waals surface area (Å²) in [5, 5.41) is 2.99. The first-order chi connectivity index (χ1) is 9.86. The Morgan fingerprint density at radius 3 is 2.57 bits per heavy atom. The van der Waals surface area contributed by atoms with Crippen molar-refractivity contribution < 1.29 is 14.1 Å². The van der Waals surface area contributed by atoms with Gasteiger partial charge in [-0.25, -0.2) is 4.39 Å². The van der Waals surface area contributed by atoms with E-state index in [-0.39, 0.29) is 17.6 Å². The van der Waals surface area contributed by atoms with Gasteiger partial charge in [-0.15, -0.1) is 0 Å². The van der Waals surface area contributed by atoms with Gasteiger partial charge in [0, 0.05) is 16.9 Å². The van der Waals surface area contributed by atoms with Gasteiger partial charge in [0.25, 0.3) is 5.91 Å². The van der Waals surface area contributed by atoms with Crippen molar-refractivity contribution in [3.8, 4) is 0 Å². The Morgan fingerprint density at radius 2 is 2.00 bits per heavy atom. The largest absolute Gasteiger partial charge is 0.324 e. The van der Waals surface area contributed by atoms with E-state index in [0.717, 1.165) is 13.1 Å². The van der Waals surface area contributed by atoms with Crippen LogP contribution in [0.15, 0.2) is 18.2 Å². The zero-order chi connectivity index (χ0) is 15.6. The van der Waals surface area contributed by atoms with Crippen LogP contribution < -0.4 is 10.2 Å². The minimum absolute atomic E-state index is 0.146. The van der Waals surface area contributed by atoms with Gasteiger partial charge in [-0.2, -0.15) is 0 Å². The number of hydrogen-bond donors (Lipinski definition) is 2. The maximum atomic E-state index is 13.7. The van der Waals surface area contributed by atoms with E-state index in [2.05, 4.69) is 19.2 Å². The van der Waals surface area contributed by atoms with Crippen molar-refractivity contribution in [1.29, 1.82) is 0 Å². The molecule has 0 bridgehead atoms. The van der Waals surface area contributed by atoms with E-state index in [9.17, 15) is 9.18 Å². The molecule has 0 saturated carbocycles. The number of benzene rings is 1. The van der Waals surface area contributed by atoms with Gasteiger partial charge in [-0.1, -0.05) is 25.4 Å². The van der Waals surface area contributed by atoms with E-state index in [1.165, 1.54) is 23.5 Å². The van der Waals surface area contributed by atoms with Crippen molar-refractivity contribution in [3.05, 3.63) is 29.0 Å². The van der Waals surface area contributed by atoms with Gasteiger partial charge < -0.3 is 10.2 Å². The molecule has 0 aliphatic carbocycles. The number of anilines is 1. The van der Waals surface area contributed by atoms with E-state index in [1.54, 1.807) is 6.07 Å². The van der Waals surface area contributed by atoms with E-state index >= 15 is 0 Å². The van der Waals surface area contributed by atoms with Crippen molar-refractivity contribution in [2.24, 2.45) is 11.8 Å². The number of carbonyl (C=O) groups excluding carboxylic acids is 1. The van der Waals surface area contributed by atoms with Crippen LogP contribution in [0.1, 0.15) is 27.2 Å². The van der Waals surface area contributed by atoms with Crippen molar-refractivity contribution in [3.63, 3.8) is 0 Å². The third-order valence-corrected chi connectivity index (χ3v) is 4.46. The molecule has 1 aromatic rings. The Hall–Kier alpha value is -1.13. The molecule has 2 N–H and O–H groups in total. The normalized spacial score (nSPS) is 27.2. The molecule has 21 heavy (non-hydrogen) atoms. The van der Waals surface area contributed by atoms with Crippen LogP contribution >= 0.6 is 11.6 Å². The number of amides is 1. The van der Waals surface area contributed by atoms with Crippen LogP contribution in [0, 0.1) is 17.7 Å². The second kappa shape index (κ2) is 6.75. The van der Waals surface area contributed by atoms with Gasteiger partial charge in [0.1, 0.15) is 5.82 Å². The zero-order valence-corrected chi connectivity index (χ0v) is 13.5. The molecular weight excluding hydrogens is 291 g/mol. The second-order valence-electron chi connectivity index (χ2n) is 6.35. The van der Waals surface area contributed by atoms with Crippen LogP contribution in [0.5, 0.6) is 0 Å². The molecule has 0 spiro atoms. The molecule has 1 unspecified atom stereocenters. The fraction of sp³-hybridized carbons (Fsp3) is 0.562. The van der Waals surface area contributed by atoms with E-state index in [0.29, 0.717) is 16.9 Å². The predicted molar refractivity (Wildman–Crippen MR) is 83.1 cm³/mol. The van der Waals surface area contributed by atoms with Crippen LogP contribution in [0.4, 0.5) is 10.1 Å². The molecule has 0 radical (unpaired) electrons. The maximum absolute atomic E-state index is 13.7. The van der Waals surface area contributed by atoms with E-state index in [4.69, 9.17) is 11.6 Å². The number of halogens is 2. The van der Waals surface area contributed by atoms with Gasteiger partial charge in [-0.3, -0.25) is 4.79 Å². The van der Waals surface area contributed by atoms with Gasteiger partial charge in [0.2, 0.25) is 0 Å². The smallest absolute Gasteiger partial charge is 0.282 e. The number of likely N-dealkylation sites (tertiary alicyclic amines) is 1. The highest BCUT2D eigenvalue weighted by molar-refractivity contribution is 6.30. The molecule has 3 nitrogen and oxygen atoms in total. The first-order valence-electron chi connectivity index (χ1n) is 7.47. The number of piperidine rings is 1. The Balaban J connectivity index is 2.02. The van der Waals surface area contributed by atoms with Crippen LogP contribution in [-0.2, 0) is 4.79 Å². The molecule has 4 atom stereocenters. The first-order valence-corrected chi connectivity index (χ1v) is 7.85. The Kier molecular flexibility index (Phi) is 5.22. The molecule has 1 fully saturated rings. The molecule has 0 aromatic heterocycles. The Bertz CT molecular complexity index is 513. The van der Waals surface area contributed by atoms with Gasteiger partial charge in [0.15, 0.2) is 6.04 Å². The highest BCUT2D eigenvalue weighted by atomic mass is 35.5. The monoisotopic (exact) mass is 313 g/mol. The molecule has 1 aliphatic rings. The molecule has 1 amide bonds. The summed E-state index contributed by atoms with van der Waals surface area (Å²) in [6.07, 6.45) is 1.21. The quantitative estimate of drug-likeness (QED) is 0.882. The lowest BCUT2D eigenvalue weighted by molar-refractivity contribution is -0.925. The topological polar surface area (TPSA) is 33.5 Å².